The molecule has 0 unspecified atom stereocenters. The highest BCUT2D eigenvalue weighted by Crippen LogP contribution is 2.55. The van der Waals surface area contributed by atoms with Gasteiger partial charge in [-0.15, -0.1) is 10.2 Å². The van der Waals surface area contributed by atoms with Crippen LogP contribution in [-0.4, -0.2) is 15.9 Å². The lowest BCUT2D eigenvalue weighted by atomic mass is 10.1. The maximum absolute atomic E-state index is 13.5. The molecular formula is C35H28ClN2O6P. The predicted molar refractivity (Wildman–Crippen MR) is 165 cm³/mol. The van der Waals surface area contributed by atoms with Crippen molar-refractivity contribution < 1.29 is 38.4 Å². The van der Waals surface area contributed by atoms with Crippen LogP contribution in [0.3, 0.4) is 0 Å². The number of benzene rings is 5. The fourth-order valence-corrected chi connectivity index (χ4v) is 9.19. The molecule has 0 bridgehead atoms. The minimum atomic E-state index is -4.94. The van der Waals surface area contributed by atoms with Crippen LogP contribution in [0.4, 0.5) is 0 Å². The number of ether oxygens (including phenoxy) is 1. The number of H-pyrrole nitrogens is 1. The normalized spacial score (nSPS) is 11.3. The van der Waals surface area contributed by atoms with Gasteiger partial charge < -0.3 is 9.72 Å². The molecule has 0 fully saturated rings. The maximum atomic E-state index is 13.5. The third-order valence-corrected chi connectivity index (χ3v) is 11.1. The lowest BCUT2D eigenvalue weighted by molar-refractivity contribution is -2.00. The van der Waals surface area contributed by atoms with E-state index in [-0.39, 0.29) is 5.88 Å². The molecular weight excluding hydrogens is 611 g/mol. The highest BCUT2D eigenvalue weighted by atomic mass is 35.7. The van der Waals surface area contributed by atoms with Crippen molar-refractivity contribution in [3.05, 3.63) is 157 Å². The van der Waals surface area contributed by atoms with E-state index in [0.717, 1.165) is 32.5 Å². The lowest BCUT2D eigenvalue weighted by Crippen LogP contribution is -2.68. The molecule has 45 heavy (non-hydrogen) atoms. The number of hydrogen-bond acceptors (Lipinski definition) is 7. The Labute approximate surface area is 263 Å². The average molecular weight is 639 g/mol. The second-order valence-electron chi connectivity index (χ2n) is 9.92. The third-order valence-electron chi connectivity index (χ3n) is 6.94. The number of nitrogens with one attached hydrogen (secondary N) is 1. The van der Waals surface area contributed by atoms with E-state index in [2.05, 4.69) is 77.8 Å². The van der Waals surface area contributed by atoms with E-state index in [1.165, 1.54) is 0 Å². The number of nitrogens with zero attached hydrogens (tertiary/aromatic N) is 1. The summed E-state index contributed by atoms with van der Waals surface area (Å²) in [5.41, 5.74) is 3.25. The molecule has 6 aromatic rings. The molecule has 1 N–H and O–H groups in total. The van der Waals surface area contributed by atoms with Crippen molar-refractivity contribution in [3.63, 3.8) is 0 Å². The Hall–Kier alpha value is -4.66. The number of aromatic nitrogens is 2. The number of carbonyl (C=O) groups is 1. The van der Waals surface area contributed by atoms with Crippen LogP contribution < -0.4 is 44.7 Å². The van der Waals surface area contributed by atoms with Crippen LogP contribution in [0.15, 0.2) is 146 Å². The van der Waals surface area contributed by atoms with Crippen LogP contribution in [0, 0.1) is 17.2 Å². The Morgan fingerprint density at radius 2 is 1.04 bits per heavy atom. The number of aryl methyl sites for hydroxylation is 1. The van der Waals surface area contributed by atoms with Gasteiger partial charge in [0.25, 0.3) is 5.88 Å². The van der Waals surface area contributed by atoms with Crippen molar-refractivity contribution in [2.75, 3.05) is 0 Å². The summed E-state index contributed by atoms with van der Waals surface area (Å²) in [6, 6.07) is 48.7. The highest BCUT2D eigenvalue weighted by molar-refractivity contribution is 8.01. The smallest absolute Gasteiger partial charge is 0.345 e. The van der Waals surface area contributed by atoms with E-state index in [9.17, 15) is 4.79 Å². The van der Waals surface area contributed by atoms with Crippen LogP contribution >= 0.6 is 7.26 Å². The van der Waals surface area contributed by atoms with Gasteiger partial charge in [0.05, 0.1) is 5.56 Å². The molecule has 8 nitrogen and oxygen atoms in total. The Bertz CT molecular complexity index is 1730. The first-order valence-electron chi connectivity index (χ1n) is 13.8. The lowest BCUT2D eigenvalue weighted by Gasteiger charge is -2.26. The third kappa shape index (κ3) is 7.53. The topological polar surface area (TPSA) is 147 Å². The van der Waals surface area contributed by atoms with Crippen LogP contribution in [0.1, 0.15) is 15.9 Å². The summed E-state index contributed by atoms with van der Waals surface area (Å²) in [4.78, 5) is 22.1. The van der Waals surface area contributed by atoms with E-state index in [4.69, 9.17) is 28.4 Å². The molecule has 0 saturated carbocycles. The molecule has 0 radical (unpaired) electrons. The van der Waals surface area contributed by atoms with E-state index < -0.39 is 23.5 Å². The zero-order valence-corrected chi connectivity index (χ0v) is 25.7. The molecule has 10 heteroatoms. The number of imidazole rings is 1. The quantitative estimate of drug-likeness (QED) is 0.206. The van der Waals surface area contributed by atoms with E-state index in [0.29, 0.717) is 11.4 Å². The SMILES string of the molecule is Cc1ccc(C(=O)Oc2nc(-c3ccccc3)[nH]c2[P+](c2ccccc2)(c2ccccc2)c2ccccc2)cc1.[O-][Cl+3]([O-])([O-])[O-]. The van der Waals surface area contributed by atoms with Gasteiger partial charge in [0.2, 0.25) is 5.44 Å². The first-order valence-corrected chi connectivity index (χ1v) is 16.8. The van der Waals surface area contributed by atoms with E-state index >= 15 is 0 Å². The molecule has 0 saturated heterocycles. The van der Waals surface area contributed by atoms with Crippen molar-refractivity contribution >= 4 is 34.6 Å². The van der Waals surface area contributed by atoms with Crippen molar-refractivity contribution in [1.29, 1.82) is 0 Å². The first kappa shape index (κ1) is 31.8. The Morgan fingerprint density at radius 3 is 1.47 bits per heavy atom. The van der Waals surface area contributed by atoms with Gasteiger partial charge >= 0.3 is 5.97 Å². The second kappa shape index (κ2) is 14.0. The molecule has 0 amide bonds. The Kier molecular flexibility index (Phi) is 9.86. The van der Waals surface area contributed by atoms with Gasteiger partial charge in [0.15, 0.2) is 7.26 Å². The predicted octanol–water partition coefficient (Wildman–Crippen LogP) is 1.47. The Morgan fingerprint density at radius 1 is 0.644 bits per heavy atom. The van der Waals surface area contributed by atoms with Crippen LogP contribution in [0.5, 0.6) is 5.88 Å². The fraction of sp³-hybridized carbons (Fsp3) is 0.0286. The molecule has 0 atom stereocenters. The molecule has 5 aromatic carbocycles. The minimum Gasteiger partial charge on any atom is -0.398 e. The molecule has 1 heterocycles. The van der Waals surface area contributed by atoms with Gasteiger partial charge in [0, 0.05) is 5.56 Å². The van der Waals surface area contributed by atoms with Gasteiger partial charge in [-0.2, -0.15) is 4.98 Å². The van der Waals surface area contributed by atoms with Gasteiger partial charge in [-0.1, -0.05) is 103 Å². The number of aromatic amines is 1. The molecule has 226 valence electrons. The van der Waals surface area contributed by atoms with Gasteiger partial charge in [-0.25, -0.2) is 23.4 Å². The molecule has 0 spiro atoms. The molecule has 0 aliphatic carbocycles. The van der Waals surface area contributed by atoms with Gasteiger partial charge in [-0.05, 0) is 55.5 Å². The summed E-state index contributed by atoms with van der Waals surface area (Å²) in [6.45, 7) is 1.99. The zero-order valence-electron chi connectivity index (χ0n) is 24.1. The second-order valence-corrected chi connectivity index (χ2v) is 14.0. The monoisotopic (exact) mass is 638 g/mol. The average Bonchev–Trinajstić information content (AvgIpc) is 3.47. The van der Waals surface area contributed by atoms with Crippen LogP contribution in [-0.2, 0) is 0 Å². The fourth-order valence-electron chi connectivity index (χ4n) is 5.00. The number of carbonyl (C=O) groups excluding carboxylic acids is 1. The van der Waals surface area contributed by atoms with E-state index in [1.54, 1.807) is 12.1 Å². The molecule has 0 aliphatic rings. The zero-order chi connectivity index (χ0) is 31.9. The summed E-state index contributed by atoms with van der Waals surface area (Å²) >= 11 is 0. The number of hydrogen-bond donors (Lipinski definition) is 1. The summed E-state index contributed by atoms with van der Waals surface area (Å²) < 4.78 is 40.2. The number of rotatable bonds is 7. The van der Waals surface area contributed by atoms with Crippen molar-refractivity contribution in [3.8, 4) is 17.3 Å². The molecule has 6 rings (SSSR count). The standard InChI is InChI=1S/C35H28N2O2P.ClHO4/c1-26-22-24-28(25-23-26)35(38)39-33-34(37-32(36-33)27-14-6-2-7-15-27)40(29-16-8-3-9-17-29,30-18-10-4-11-19-30)31-20-12-5-13-21-31;2-1(3,4)5/h2-25H,1H3,(H,36,37);(H,2,3,4,5)/q+1;/p-1. The minimum absolute atomic E-state index is 0.286. The summed E-state index contributed by atoms with van der Waals surface area (Å²) in [6.07, 6.45) is 0. The summed E-state index contributed by atoms with van der Waals surface area (Å²) in [5, 5.41) is 3.38. The van der Waals surface area contributed by atoms with Crippen LogP contribution in [0.2, 0.25) is 0 Å². The largest absolute Gasteiger partial charge is 0.398 e. The molecule has 1 aromatic heterocycles. The van der Waals surface area contributed by atoms with Crippen molar-refractivity contribution in [2.45, 2.75) is 6.92 Å². The van der Waals surface area contributed by atoms with Crippen molar-refractivity contribution in [1.82, 2.24) is 9.97 Å². The number of halogens is 1. The molecule has 0 aliphatic heterocycles. The van der Waals surface area contributed by atoms with Gasteiger partial charge in [-0.3, -0.25) is 0 Å². The van der Waals surface area contributed by atoms with Gasteiger partial charge in [0.1, 0.15) is 21.7 Å². The van der Waals surface area contributed by atoms with Crippen molar-refractivity contribution in [2.24, 2.45) is 0 Å². The first-order chi connectivity index (χ1) is 21.7. The maximum Gasteiger partial charge on any atom is 0.345 e. The van der Waals surface area contributed by atoms with E-state index in [1.807, 2.05) is 67.6 Å². The summed E-state index contributed by atoms with van der Waals surface area (Å²) in [5.74, 6) is 0.489. The number of esters is 1. The summed E-state index contributed by atoms with van der Waals surface area (Å²) in [7, 11) is -7.54. The van der Waals surface area contributed by atoms with Crippen LogP contribution in [0.25, 0.3) is 11.4 Å². The highest BCUT2D eigenvalue weighted by Gasteiger charge is 2.52. The Balaban J connectivity index is 0.000000743.